The molecule has 7 rings (SSSR count). The Bertz CT molecular complexity index is 1510. The predicted octanol–water partition coefficient (Wildman–Crippen LogP) is 11.5. The first kappa shape index (κ1) is 38.8. The zero-order valence-corrected chi connectivity index (χ0v) is 23.7. The lowest BCUT2D eigenvalue weighted by Crippen LogP contribution is -2.15. The number of hydrogen-bond donors (Lipinski definition) is 0. The number of amides is 1. The summed E-state index contributed by atoms with van der Waals surface area (Å²) < 4.78 is 6.89. The second-order valence-corrected chi connectivity index (χ2v) is 10.6. The number of allylic oxidation sites excluding steroid dienone is 2. The lowest BCUT2D eigenvalue weighted by Gasteiger charge is -2.13. The van der Waals surface area contributed by atoms with Crippen molar-refractivity contribution in [2.24, 2.45) is 4.99 Å². The minimum absolute atomic E-state index is 0. The number of rotatable bonds is 1. The van der Waals surface area contributed by atoms with Crippen molar-refractivity contribution in [1.29, 1.82) is 0 Å². The van der Waals surface area contributed by atoms with Gasteiger partial charge in [0.25, 0.3) is 5.91 Å². The number of benzene rings is 2. The zero-order valence-electron chi connectivity index (χ0n) is 22.9. The molecule has 1 aliphatic heterocycles. The Kier molecular flexibility index (Phi) is 17.2. The summed E-state index contributed by atoms with van der Waals surface area (Å²) in [7, 11) is 0. The molecule has 0 unspecified atom stereocenters. The van der Waals surface area contributed by atoms with Crippen LogP contribution in [0.2, 0.25) is 0 Å². The minimum Gasteiger partial charge on any atom is -0.470 e. The van der Waals surface area contributed by atoms with E-state index in [-0.39, 0.29) is 35.6 Å². The van der Waals surface area contributed by atoms with E-state index in [0.29, 0.717) is 0 Å². The van der Waals surface area contributed by atoms with Crippen molar-refractivity contribution in [2.45, 2.75) is 70.2 Å². The Labute approximate surface area is 264 Å². The summed E-state index contributed by atoms with van der Waals surface area (Å²) in [5.74, 6) is 0.841. The third-order valence-electron chi connectivity index (χ3n) is 6.37. The quantitative estimate of drug-likeness (QED) is 0.193. The highest BCUT2D eigenvalue weighted by atomic mass is 32.1. The van der Waals surface area contributed by atoms with Crippen LogP contribution in [-0.4, -0.2) is 16.2 Å². The van der Waals surface area contributed by atoms with Gasteiger partial charge in [-0.1, -0.05) is 84.3 Å². The fraction of sp³-hybridized carbons (Fsp3) is 0.263. The van der Waals surface area contributed by atoms with E-state index in [1.807, 2.05) is 68.6 Å². The van der Waals surface area contributed by atoms with Gasteiger partial charge in [0.1, 0.15) is 5.76 Å². The molecule has 0 saturated carbocycles. The number of furan rings is 1. The van der Waals surface area contributed by atoms with Gasteiger partial charge in [-0.3, -0.25) is 4.79 Å². The minimum atomic E-state index is -0.126. The molecule has 4 heterocycles. The first-order chi connectivity index (χ1) is 18.9. The van der Waals surface area contributed by atoms with Gasteiger partial charge in [-0.25, -0.2) is 4.99 Å². The summed E-state index contributed by atoms with van der Waals surface area (Å²) in [6.07, 6.45) is 7.75. The van der Waals surface area contributed by atoms with E-state index in [1.165, 1.54) is 21.6 Å². The molecule has 0 radical (unpaired) electrons. The van der Waals surface area contributed by atoms with E-state index < -0.39 is 0 Å². The molecule has 43 heavy (non-hydrogen) atoms. The summed E-state index contributed by atoms with van der Waals surface area (Å²) in [5.41, 5.74) is 8.04. The first-order valence-corrected chi connectivity index (χ1v) is 13.9. The molecular formula is C38H50N2O2S. The van der Waals surface area contributed by atoms with Crippen molar-refractivity contribution < 1.29 is 9.21 Å². The maximum atomic E-state index is 11.7. The molecular weight excluding hydrogens is 548 g/mol. The number of fused-ring (bicyclic) bond motifs is 2. The molecule has 1 aliphatic carbocycles. The van der Waals surface area contributed by atoms with Gasteiger partial charge >= 0.3 is 0 Å². The predicted molar refractivity (Wildman–Crippen MR) is 190 cm³/mol. The van der Waals surface area contributed by atoms with E-state index in [4.69, 9.17) is 4.42 Å². The maximum Gasteiger partial charge on any atom is 0.278 e. The highest BCUT2D eigenvalue weighted by Gasteiger charge is 2.21. The largest absolute Gasteiger partial charge is 0.470 e. The van der Waals surface area contributed by atoms with Gasteiger partial charge < -0.3 is 8.98 Å². The average molecular weight is 599 g/mol. The highest BCUT2D eigenvalue weighted by Crippen LogP contribution is 2.26. The molecule has 0 atom stereocenters. The second kappa shape index (κ2) is 19.1. The number of aliphatic imine (C=N–C) groups is 1. The monoisotopic (exact) mass is 598 g/mol. The van der Waals surface area contributed by atoms with Crippen molar-refractivity contribution in [1.82, 2.24) is 4.57 Å². The Morgan fingerprint density at radius 2 is 1.47 bits per heavy atom. The maximum absolute atomic E-state index is 11.7. The van der Waals surface area contributed by atoms with Gasteiger partial charge in [0.15, 0.2) is 0 Å². The van der Waals surface area contributed by atoms with Crippen molar-refractivity contribution in [3.63, 3.8) is 0 Å². The second-order valence-electron chi connectivity index (χ2n) is 9.41. The Balaban J connectivity index is 0.000000583. The van der Waals surface area contributed by atoms with Crippen molar-refractivity contribution >= 4 is 28.5 Å². The number of nitrogens with zero attached hydrogens (tertiary/aromatic N) is 2. The van der Waals surface area contributed by atoms with E-state index in [9.17, 15) is 4.79 Å². The normalized spacial score (nSPS) is 11.6. The van der Waals surface area contributed by atoms with Crippen molar-refractivity contribution in [3.8, 4) is 5.69 Å². The van der Waals surface area contributed by atoms with E-state index >= 15 is 0 Å². The lowest BCUT2D eigenvalue weighted by molar-refractivity contribution is 0.1000. The molecule has 5 aromatic rings. The molecule has 0 fully saturated rings. The number of hydrogen-bond acceptors (Lipinski definition) is 3. The van der Waals surface area contributed by atoms with E-state index in [2.05, 4.69) is 71.3 Å². The number of para-hydroxylation sites is 1. The lowest BCUT2D eigenvalue weighted by atomic mass is 10.1. The molecule has 5 heteroatoms. The summed E-state index contributed by atoms with van der Waals surface area (Å²) >= 11 is 1.78. The van der Waals surface area contributed by atoms with Crippen LogP contribution in [0, 0.1) is 13.8 Å². The van der Waals surface area contributed by atoms with Crippen LogP contribution in [0.25, 0.3) is 11.3 Å². The van der Waals surface area contributed by atoms with Crippen molar-refractivity contribution in [3.05, 3.63) is 142 Å². The SMILES string of the molecule is C.C.C.C.CC1=CCc2ccccc21.CC1=NC(=O)c2ccn(-c3ccccc3)c2C1.Cc1ccco1.Cc1cccs1. The summed E-state index contributed by atoms with van der Waals surface area (Å²) in [4.78, 5) is 17.1. The summed E-state index contributed by atoms with van der Waals surface area (Å²) in [6, 6.07) is 28.4. The Morgan fingerprint density at radius 1 is 0.767 bits per heavy atom. The van der Waals surface area contributed by atoms with Crippen LogP contribution in [0.3, 0.4) is 0 Å². The Hall–Kier alpha value is -4.22. The van der Waals surface area contributed by atoms with Crippen LogP contribution in [0.1, 0.15) is 81.4 Å². The van der Waals surface area contributed by atoms with Gasteiger partial charge in [-0.05, 0) is 92.6 Å². The summed E-state index contributed by atoms with van der Waals surface area (Å²) in [6.45, 7) is 8.08. The molecule has 4 nitrogen and oxygen atoms in total. The number of aryl methyl sites for hydroxylation is 2. The number of thiophene rings is 1. The van der Waals surface area contributed by atoms with E-state index in [0.717, 1.165) is 41.3 Å². The molecule has 2 aromatic carbocycles. The topological polar surface area (TPSA) is 47.5 Å². The van der Waals surface area contributed by atoms with Crippen molar-refractivity contribution in [2.75, 3.05) is 0 Å². The average Bonchev–Trinajstić information content (AvgIpc) is 3.76. The third kappa shape index (κ3) is 10.8. The summed E-state index contributed by atoms with van der Waals surface area (Å²) in [5, 5.41) is 2.08. The Morgan fingerprint density at radius 3 is 2.00 bits per heavy atom. The van der Waals surface area contributed by atoms with Gasteiger partial charge in [0, 0.05) is 34.6 Å². The van der Waals surface area contributed by atoms with Gasteiger partial charge in [0.2, 0.25) is 0 Å². The van der Waals surface area contributed by atoms with Gasteiger partial charge in [-0.2, -0.15) is 0 Å². The standard InChI is InChI=1S/C14H12N2O.C10H10.C5H6O.C5H6S.4CH4/c1-10-9-13-12(14(17)15-10)7-8-16(13)11-5-3-2-4-6-11;1-8-6-7-9-4-2-3-5-10(8)9;2*1-5-3-2-4-6-5;;;;/h2-8H,9H2,1H3;2-6H,7H2,1H3;2*2-4H,1H3;4*1H4. The van der Waals surface area contributed by atoms with Gasteiger partial charge in [-0.15, -0.1) is 11.3 Å². The number of aromatic nitrogens is 1. The van der Waals surface area contributed by atoms with Gasteiger partial charge in [0.05, 0.1) is 11.8 Å². The fourth-order valence-electron chi connectivity index (χ4n) is 4.36. The molecule has 0 bridgehead atoms. The van der Waals surface area contributed by atoms with Crippen LogP contribution in [0.15, 0.2) is 118 Å². The third-order valence-corrected chi connectivity index (χ3v) is 7.17. The highest BCUT2D eigenvalue weighted by molar-refractivity contribution is 7.09. The fourth-order valence-corrected chi connectivity index (χ4v) is 4.89. The van der Waals surface area contributed by atoms with E-state index in [1.54, 1.807) is 17.6 Å². The molecule has 1 amide bonds. The molecule has 0 spiro atoms. The first-order valence-electron chi connectivity index (χ1n) is 13.0. The molecule has 0 saturated heterocycles. The van der Waals surface area contributed by atoms with Crippen LogP contribution < -0.4 is 0 Å². The van der Waals surface area contributed by atoms with Crippen LogP contribution >= 0.6 is 11.3 Å². The van der Waals surface area contributed by atoms with Crippen LogP contribution in [-0.2, 0) is 12.8 Å². The van der Waals surface area contributed by atoms with Crippen LogP contribution in [0.5, 0.6) is 0 Å². The molecule has 0 N–H and O–H groups in total. The smallest absolute Gasteiger partial charge is 0.278 e. The zero-order chi connectivity index (χ0) is 27.6. The number of carbonyl (C=O) groups is 1. The number of carbonyl (C=O) groups excluding carboxylic acids is 1. The molecule has 230 valence electrons. The molecule has 3 aromatic heterocycles. The van der Waals surface area contributed by atoms with Crippen LogP contribution in [0.4, 0.5) is 0 Å². The molecule has 2 aliphatic rings.